The number of carbonyl (C=O) groups is 2. The fourth-order valence-electron chi connectivity index (χ4n) is 1.41. The molecule has 1 atom stereocenters. The Labute approximate surface area is 124 Å². The summed E-state index contributed by atoms with van der Waals surface area (Å²) in [6.07, 6.45) is -0.583. The van der Waals surface area contributed by atoms with Crippen LogP contribution in [-0.4, -0.2) is 38.1 Å². The molecular formula is C13H20ClN3O3. The number of para-hydroxylation sites is 1. The lowest BCUT2D eigenvalue weighted by molar-refractivity contribution is -0.124. The van der Waals surface area contributed by atoms with Gasteiger partial charge in [-0.15, -0.1) is 12.4 Å². The number of hydrogen-bond donors (Lipinski definition) is 3. The quantitative estimate of drug-likeness (QED) is 0.723. The zero-order valence-electron chi connectivity index (χ0n) is 11.5. The average molecular weight is 302 g/mol. The first-order valence-corrected chi connectivity index (χ1v) is 6.01. The van der Waals surface area contributed by atoms with Crippen molar-refractivity contribution in [2.45, 2.75) is 13.0 Å². The minimum Gasteiger partial charge on any atom is -0.372 e. The maximum absolute atomic E-state index is 11.9. The van der Waals surface area contributed by atoms with Crippen LogP contribution in [0.2, 0.25) is 0 Å². The van der Waals surface area contributed by atoms with Gasteiger partial charge in [0.2, 0.25) is 0 Å². The van der Waals surface area contributed by atoms with E-state index in [4.69, 9.17) is 10.5 Å². The zero-order valence-corrected chi connectivity index (χ0v) is 12.3. The summed E-state index contributed by atoms with van der Waals surface area (Å²) in [5.41, 5.74) is 6.18. The third-order valence-electron chi connectivity index (χ3n) is 2.58. The normalized spacial score (nSPS) is 11.2. The van der Waals surface area contributed by atoms with Crippen LogP contribution in [0.5, 0.6) is 0 Å². The highest BCUT2D eigenvalue weighted by atomic mass is 35.5. The zero-order chi connectivity index (χ0) is 14.3. The van der Waals surface area contributed by atoms with Gasteiger partial charge >= 0.3 is 0 Å². The molecule has 0 heterocycles. The molecule has 1 unspecified atom stereocenters. The van der Waals surface area contributed by atoms with E-state index < -0.39 is 6.10 Å². The molecule has 20 heavy (non-hydrogen) atoms. The Bertz CT molecular complexity index is 454. The molecular weight excluding hydrogens is 282 g/mol. The molecule has 1 rings (SSSR count). The Kier molecular flexibility index (Phi) is 8.54. The summed E-state index contributed by atoms with van der Waals surface area (Å²) in [5, 5.41) is 5.32. The number of nitrogens with one attached hydrogen (secondary N) is 2. The van der Waals surface area contributed by atoms with E-state index in [1.54, 1.807) is 31.2 Å². The smallest absolute Gasteiger partial charge is 0.253 e. The van der Waals surface area contributed by atoms with Crippen molar-refractivity contribution in [3.63, 3.8) is 0 Å². The Morgan fingerprint density at radius 1 is 1.35 bits per heavy atom. The Balaban J connectivity index is 0.00000361. The molecule has 7 heteroatoms. The molecule has 0 saturated carbocycles. The molecule has 112 valence electrons. The number of ether oxygens (including phenoxy) is 1. The van der Waals surface area contributed by atoms with Crippen molar-refractivity contribution in [3.05, 3.63) is 29.8 Å². The second-order valence-electron chi connectivity index (χ2n) is 3.96. The van der Waals surface area contributed by atoms with Gasteiger partial charge < -0.3 is 21.1 Å². The van der Waals surface area contributed by atoms with E-state index in [1.807, 2.05) is 0 Å². The van der Waals surface area contributed by atoms with Crippen molar-refractivity contribution in [1.82, 2.24) is 5.32 Å². The van der Waals surface area contributed by atoms with Crippen LogP contribution in [0.1, 0.15) is 17.3 Å². The minimum absolute atomic E-state index is 0. The molecule has 2 amide bonds. The third kappa shape index (κ3) is 5.16. The summed E-state index contributed by atoms with van der Waals surface area (Å²) >= 11 is 0. The molecule has 0 aliphatic heterocycles. The van der Waals surface area contributed by atoms with Crippen molar-refractivity contribution >= 4 is 29.9 Å². The van der Waals surface area contributed by atoms with Gasteiger partial charge in [-0.2, -0.15) is 0 Å². The maximum Gasteiger partial charge on any atom is 0.253 e. The van der Waals surface area contributed by atoms with Gasteiger partial charge in [0.25, 0.3) is 11.8 Å². The average Bonchev–Trinajstić information content (AvgIpc) is 2.44. The first-order valence-electron chi connectivity index (χ1n) is 6.01. The highest BCUT2D eigenvalue weighted by molar-refractivity contribution is 6.04. The van der Waals surface area contributed by atoms with Crippen LogP contribution >= 0.6 is 12.4 Å². The van der Waals surface area contributed by atoms with Gasteiger partial charge in [-0.3, -0.25) is 9.59 Å². The molecule has 0 radical (unpaired) electrons. The van der Waals surface area contributed by atoms with E-state index in [2.05, 4.69) is 10.6 Å². The number of anilines is 1. The predicted octanol–water partition coefficient (Wildman–Crippen LogP) is 0.770. The van der Waals surface area contributed by atoms with E-state index in [9.17, 15) is 9.59 Å². The van der Waals surface area contributed by atoms with Crippen LogP contribution in [0.3, 0.4) is 0 Å². The molecule has 0 fully saturated rings. The molecule has 0 saturated heterocycles. The van der Waals surface area contributed by atoms with Crippen molar-refractivity contribution in [1.29, 1.82) is 0 Å². The molecule has 0 aromatic heterocycles. The van der Waals surface area contributed by atoms with Gasteiger partial charge in [-0.1, -0.05) is 12.1 Å². The van der Waals surface area contributed by atoms with Gasteiger partial charge in [-0.25, -0.2) is 0 Å². The van der Waals surface area contributed by atoms with Crippen molar-refractivity contribution in [3.8, 4) is 0 Å². The molecule has 0 aliphatic rings. The standard InChI is InChI=1S/C13H19N3O3.ClH/c1-9(19-2)12(17)16-11-6-4-3-5-10(11)13(18)15-8-7-14;/h3-6,9H,7-8,14H2,1-2H3,(H,15,18)(H,16,17);1H. The molecule has 4 N–H and O–H groups in total. The number of halogens is 1. The second kappa shape index (κ2) is 9.30. The molecule has 1 aromatic rings. The minimum atomic E-state index is -0.583. The van der Waals surface area contributed by atoms with Gasteiger partial charge in [0.15, 0.2) is 0 Å². The summed E-state index contributed by atoms with van der Waals surface area (Å²) < 4.78 is 4.92. The molecule has 0 aliphatic carbocycles. The Hall–Kier alpha value is -1.63. The van der Waals surface area contributed by atoms with Crippen molar-refractivity contribution in [2.24, 2.45) is 5.73 Å². The number of hydrogen-bond acceptors (Lipinski definition) is 4. The van der Waals surface area contributed by atoms with E-state index in [1.165, 1.54) is 7.11 Å². The van der Waals surface area contributed by atoms with E-state index in [0.29, 0.717) is 24.3 Å². The molecule has 1 aromatic carbocycles. The number of carbonyl (C=O) groups excluding carboxylic acids is 2. The number of nitrogens with two attached hydrogens (primary N) is 1. The van der Waals surface area contributed by atoms with Crippen LogP contribution in [-0.2, 0) is 9.53 Å². The molecule has 6 nitrogen and oxygen atoms in total. The van der Waals surface area contributed by atoms with Gasteiger partial charge in [0.1, 0.15) is 6.10 Å². The number of benzene rings is 1. The Morgan fingerprint density at radius 2 is 2.00 bits per heavy atom. The first kappa shape index (κ1) is 18.4. The van der Waals surface area contributed by atoms with Gasteiger partial charge in [0, 0.05) is 20.2 Å². The topological polar surface area (TPSA) is 93.4 Å². The molecule has 0 spiro atoms. The first-order chi connectivity index (χ1) is 9.10. The van der Waals surface area contributed by atoms with Gasteiger partial charge in [0.05, 0.1) is 11.3 Å². The summed E-state index contributed by atoms with van der Waals surface area (Å²) in [4.78, 5) is 23.6. The maximum atomic E-state index is 11.9. The fourth-order valence-corrected chi connectivity index (χ4v) is 1.41. The number of amides is 2. The van der Waals surface area contributed by atoms with Crippen molar-refractivity contribution < 1.29 is 14.3 Å². The van der Waals surface area contributed by atoms with E-state index >= 15 is 0 Å². The van der Waals surface area contributed by atoms with Crippen LogP contribution in [0.15, 0.2) is 24.3 Å². The summed E-state index contributed by atoms with van der Waals surface area (Å²) in [6.45, 7) is 2.38. The lowest BCUT2D eigenvalue weighted by atomic mass is 10.1. The van der Waals surface area contributed by atoms with Crippen molar-refractivity contribution in [2.75, 3.05) is 25.5 Å². The largest absolute Gasteiger partial charge is 0.372 e. The lowest BCUT2D eigenvalue weighted by Gasteiger charge is -2.13. The summed E-state index contributed by atoms with van der Waals surface area (Å²) in [5.74, 6) is -0.576. The highest BCUT2D eigenvalue weighted by Crippen LogP contribution is 2.15. The summed E-state index contributed by atoms with van der Waals surface area (Å²) in [7, 11) is 1.45. The van der Waals surface area contributed by atoms with E-state index in [-0.39, 0.29) is 24.2 Å². The predicted molar refractivity (Wildman–Crippen MR) is 80.2 cm³/mol. The highest BCUT2D eigenvalue weighted by Gasteiger charge is 2.16. The van der Waals surface area contributed by atoms with Crippen LogP contribution < -0.4 is 16.4 Å². The molecule has 0 bridgehead atoms. The van der Waals surface area contributed by atoms with Gasteiger partial charge in [-0.05, 0) is 19.1 Å². The number of rotatable bonds is 6. The SMILES string of the molecule is COC(C)C(=O)Nc1ccccc1C(=O)NCCN.Cl. The van der Waals surface area contributed by atoms with Crippen LogP contribution in [0.4, 0.5) is 5.69 Å². The lowest BCUT2D eigenvalue weighted by Crippen LogP contribution is -2.31. The van der Waals surface area contributed by atoms with Crippen LogP contribution in [0.25, 0.3) is 0 Å². The number of methoxy groups -OCH3 is 1. The van der Waals surface area contributed by atoms with Crippen LogP contribution in [0, 0.1) is 0 Å². The third-order valence-corrected chi connectivity index (χ3v) is 2.58. The second-order valence-corrected chi connectivity index (χ2v) is 3.96. The monoisotopic (exact) mass is 301 g/mol. The Morgan fingerprint density at radius 3 is 2.60 bits per heavy atom. The summed E-state index contributed by atoms with van der Waals surface area (Å²) in [6, 6.07) is 6.77. The fraction of sp³-hybridized carbons (Fsp3) is 0.385. The van der Waals surface area contributed by atoms with E-state index in [0.717, 1.165) is 0 Å².